The van der Waals surface area contributed by atoms with Crippen molar-refractivity contribution in [1.82, 2.24) is 19.9 Å². The summed E-state index contributed by atoms with van der Waals surface area (Å²) in [6.45, 7) is 3.41. The highest BCUT2D eigenvalue weighted by Crippen LogP contribution is 2.05. The monoisotopic (exact) mass is 220 g/mol. The number of aromatic nitrogens is 3. The zero-order valence-corrected chi connectivity index (χ0v) is 9.29. The van der Waals surface area contributed by atoms with E-state index in [4.69, 9.17) is 0 Å². The number of aromatic amines is 1. The van der Waals surface area contributed by atoms with Crippen LogP contribution in [0.2, 0.25) is 0 Å². The van der Waals surface area contributed by atoms with Gasteiger partial charge in [-0.05, 0) is 13.8 Å². The van der Waals surface area contributed by atoms with Crippen molar-refractivity contribution >= 4 is 11.6 Å². The van der Waals surface area contributed by atoms with E-state index in [1.165, 1.54) is 11.6 Å². The van der Waals surface area contributed by atoms with Crippen LogP contribution < -0.4 is 10.9 Å². The number of nitrogens with zero attached hydrogens (tertiary/aromatic N) is 2. The third kappa shape index (κ3) is 1.39. The average molecular weight is 220 g/mol. The van der Waals surface area contributed by atoms with Crippen molar-refractivity contribution in [1.29, 1.82) is 0 Å². The quantitative estimate of drug-likeness (QED) is 0.710. The average Bonchev–Trinajstić information content (AvgIpc) is 2.63. The van der Waals surface area contributed by atoms with Gasteiger partial charge in [0.2, 0.25) is 0 Å². The molecule has 2 rings (SSSR count). The lowest BCUT2D eigenvalue weighted by atomic mass is 10.2. The van der Waals surface area contributed by atoms with Gasteiger partial charge in [0.15, 0.2) is 5.65 Å². The lowest BCUT2D eigenvalue weighted by Crippen LogP contribution is -2.27. The zero-order chi connectivity index (χ0) is 11.9. The van der Waals surface area contributed by atoms with Crippen molar-refractivity contribution < 1.29 is 4.79 Å². The molecular weight excluding hydrogens is 208 g/mol. The highest BCUT2D eigenvalue weighted by Gasteiger charge is 2.15. The molecule has 0 atom stereocenters. The summed E-state index contributed by atoms with van der Waals surface area (Å²) in [5.74, 6) is -0.351. The van der Waals surface area contributed by atoms with Crippen LogP contribution >= 0.6 is 0 Å². The summed E-state index contributed by atoms with van der Waals surface area (Å²) < 4.78 is 1.33. The molecular formula is C10H12N4O2. The number of carbonyl (C=O) groups is 1. The van der Waals surface area contributed by atoms with Gasteiger partial charge in [-0.25, -0.2) is 9.50 Å². The first-order chi connectivity index (χ1) is 7.54. The molecule has 0 bridgehead atoms. The minimum absolute atomic E-state index is 0.173. The number of carbonyl (C=O) groups excluding carboxylic acids is 1. The first-order valence-corrected chi connectivity index (χ1v) is 4.85. The van der Waals surface area contributed by atoms with Gasteiger partial charge < -0.3 is 5.32 Å². The van der Waals surface area contributed by atoms with Crippen LogP contribution in [0, 0.1) is 13.8 Å². The Hall–Kier alpha value is -2.11. The Bertz CT molecular complexity index is 624. The smallest absolute Gasteiger partial charge is 0.276 e. The third-order valence-electron chi connectivity index (χ3n) is 2.41. The van der Waals surface area contributed by atoms with E-state index in [0.29, 0.717) is 11.2 Å². The second-order valence-corrected chi connectivity index (χ2v) is 3.60. The minimum Gasteiger partial charge on any atom is -0.354 e. The first-order valence-electron chi connectivity index (χ1n) is 4.85. The molecule has 2 aromatic rings. The Labute approximate surface area is 91.3 Å². The summed E-state index contributed by atoms with van der Waals surface area (Å²) >= 11 is 0. The standard InChI is InChI=1S/C10H12N4O2/c1-5-4-7-12-8(9(15)11-3)6(2)10(16)14(7)13-5/h4,13H,1-3H3,(H,11,15). The van der Waals surface area contributed by atoms with Gasteiger partial charge in [-0.1, -0.05) is 0 Å². The minimum atomic E-state index is -0.351. The van der Waals surface area contributed by atoms with Crippen molar-refractivity contribution in [3.8, 4) is 0 Å². The Kier molecular flexibility index (Phi) is 2.26. The van der Waals surface area contributed by atoms with Crippen LogP contribution in [0.4, 0.5) is 0 Å². The van der Waals surface area contributed by atoms with Crippen LogP contribution in [-0.2, 0) is 0 Å². The maximum Gasteiger partial charge on any atom is 0.276 e. The van der Waals surface area contributed by atoms with Gasteiger partial charge in [-0.15, -0.1) is 0 Å². The largest absolute Gasteiger partial charge is 0.354 e. The Balaban J connectivity index is 2.83. The van der Waals surface area contributed by atoms with E-state index in [0.717, 1.165) is 5.69 Å². The van der Waals surface area contributed by atoms with Gasteiger partial charge >= 0.3 is 0 Å². The summed E-state index contributed by atoms with van der Waals surface area (Å²) in [5.41, 5.74) is 1.52. The zero-order valence-electron chi connectivity index (χ0n) is 9.29. The SMILES string of the molecule is CNC(=O)c1nc2cc(C)[nH]n2c(=O)c1C. The first kappa shape index (κ1) is 10.4. The number of fused-ring (bicyclic) bond motifs is 1. The molecule has 0 saturated carbocycles. The fraction of sp³-hybridized carbons (Fsp3) is 0.300. The molecule has 0 saturated heterocycles. The maximum absolute atomic E-state index is 11.9. The predicted molar refractivity (Wildman–Crippen MR) is 58.7 cm³/mol. The second-order valence-electron chi connectivity index (χ2n) is 3.60. The molecule has 0 fully saturated rings. The molecule has 0 radical (unpaired) electrons. The summed E-state index contributed by atoms with van der Waals surface area (Å²) in [7, 11) is 1.51. The molecule has 6 nitrogen and oxygen atoms in total. The third-order valence-corrected chi connectivity index (χ3v) is 2.41. The van der Waals surface area contributed by atoms with Crippen molar-refractivity contribution in [3.05, 3.63) is 33.4 Å². The Morgan fingerprint density at radius 3 is 2.81 bits per heavy atom. The number of H-pyrrole nitrogens is 1. The molecule has 0 aromatic carbocycles. The van der Waals surface area contributed by atoms with Crippen molar-refractivity contribution in [2.75, 3.05) is 7.05 Å². The van der Waals surface area contributed by atoms with Gasteiger partial charge in [-0.2, -0.15) is 0 Å². The van der Waals surface area contributed by atoms with E-state index in [-0.39, 0.29) is 17.2 Å². The van der Waals surface area contributed by atoms with Gasteiger partial charge in [-0.3, -0.25) is 14.7 Å². The van der Waals surface area contributed by atoms with Crippen molar-refractivity contribution in [2.24, 2.45) is 0 Å². The lowest BCUT2D eigenvalue weighted by Gasteiger charge is -2.03. The van der Waals surface area contributed by atoms with Gasteiger partial charge in [0, 0.05) is 24.4 Å². The van der Waals surface area contributed by atoms with Crippen LogP contribution in [0.25, 0.3) is 5.65 Å². The predicted octanol–water partition coefficient (Wildman–Crippen LogP) is -0.000960. The molecule has 84 valence electrons. The van der Waals surface area contributed by atoms with E-state index in [1.54, 1.807) is 13.0 Å². The number of hydrogen-bond acceptors (Lipinski definition) is 3. The van der Waals surface area contributed by atoms with E-state index in [9.17, 15) is 9.59 Å². The lowest BCUT2D eigenvalue weighted by molar-refractivity contribution is 0.0957. The fourth-order valence-electron chi connectivity index (χ4n) is 1.57. The normalized spacial score (nSPS) is 10.7. The van der Waals surface area contributed by atoms with Crippen molar-refractivity contribution in [3.63, 3.8) is 0 Å². The number of hydrogen-bond donors (Lipinski definition) is 2. The van der Waals surface area contributed by atoms with E-state index < -0.39 is 0 Å². The fourth-order valence-corrected chi connectivity index (χ4v) is 1.57. The van der Waals surface area contributed by atoms with Crippen LogP contribution in [-0.4, -0.2) is 27.6 Å². The molecule has 1 amide bonds. The molecule has 2 heterocycles. The van der Waals surface area contributed by atoms with Crippen LogP contribution in [0.3, 0.4) is 0 Å². The van der Waals surface area contributed by atoms with Gasteiger partial charge in [0.25, 0.3) is 11.5 Å². The number of nitrogens with one attached hydrogen (secondary N) is 2. The summed E-state index contributed by atoms with van der Waals surface area (Å²) in [4.78, 5) is 27.5. The maximum atomic E-state index is 11.9. The van der Waals surface area contributed by atoms with Gasteiger partial charge in [0.05, 0.1) is 0 Å². The Morgan fingerprint density at radius 2 is 2.19 bits per heavy atom. The topological polar surface area (TPSA) is 79.3 Å². The molecule has 0 aliphatic heterocycles. The summed E-state index contributed by atoms with van der Waals surface area (Å²) in [5, 5.41) is 5.32. The van der Waals surface area contributed by atoms with Crippen LogP contribution in [0.1, 0.15) is 21.7 Å². The molecule has 0 aliphatic carbocycles. The van der Waals surface area contributed by atoms with Crippen molar-refractivity contribution in [2.45, 2.75) is 13.8 Å². The highest BCUT2D eigenvalue weighted by molar-refractivity contribution is 5.93. The number of aryl methyl sites for hydroxylation is 1. The molecule has 0 unspecified atom stereocenters. The van der Waals surface area contributed by atoms with Crippen LogP contribution in [0.5, 0.6) is 0 Å². The Morgan fingerprint density at radius 1 is 1.50 bits per heavy atom. The molecule has 0 aliphatic rings. The molecule has 16 heavy (non-hydrogen) atoms. The highest BCUT2D eigenvalue weighted by atomic mass is 16.2. The molecule has 0 spiro atoms. The molecule has 6 heteroatoms. The number of amides is 1. The number of rotatable bonds is 1. The van der Waals surface area contributed by atoms with Crippen LogP contribution in [0.15, 0.2) is 10.9 Å². The summed E-state index contributed by atoms with van der Waals surface area (Å²) in [6.07, 6.45) is 0. The van der Waals surface area contributed by atoms with Gasteiger partial charge in [0.1, 0.15) is 5.69 Å². The summed E-state index contributed by atoms with van der Waals surface area (Å²) in [6, 6.07) is 1.72. The molecule has 2 N–H and O–H groups in total. The van der Waals surface area contributed by atoms with E-state index in [1.807, 2.05) is 6.92 Å². The van der Waals surface area contributed by atoms with E-state index >= 15 is 0 Å². The van der Waals surface area contributed by atoms with E-state index in [2.05, 4.69) is 15.4 Å². The molecule has 2 aromatic heterocycles. The second kappa shape index (κ2) is 3.48.